The summed E-state index contributed by atoms with van der Waals surface area (Å²) in [5.41, 5.74) is 2.04. The summed E-state index contributed by atoms with van der Waals surface area (Å²) in [6.45, 7) is 6.91. The van der Waals surface area contributed by atoms with Crippen LogP contribution < -0.4 is 0 Å². The van der Waals surface area contributed by atoms with Gasteiger partial charge in [-0.1, -0.05) is 35.5 Å². The molecule has 5 nitrogen and oxygen atoms in total. The summed E-state index contributed by atoms with van der Waals surface area (Å²) in [6, 6.07) is 9.64. The molecule has 1 aromatic heterocycles. The van der Waals surface area contributed by atoms with Crippen LogP contribution >= 0.6 is 0 Å². The van der Waals surface area contributed by atoms with Gasteiger partial charge in [0.05, 0.1) is 12.2 Å². The van der Waals surface area contributed by atoms with Crippen LogP contribution in [0.3, 0.4) is 0 Å². The molecule has 116 valence electrons. The average Bonchev–Trinajstić information content (AvgIpc) is 2.88. The van der Waals surface area contributed by atoms with Crippen molar-refractivity contribution in [2.24, 2.45) is 0 Å². The fourth-order valence-electron chi connectivity index (χ4n) is 2.92. The lowest BCUT2D eigenvalue weighted by molar-refractivity contribution is -0.0586. The number of ether oxygens (including phenoxy) is 1. The van der Waals surface area contributed by atoms with E-state index in [-0.39, 0.29) is 18.1 Å². The highest BCUT2D eigenvalue weighted by Gasteiger charge is 2.31. The van der Waals surface area contributed by atoms with Gasteiger partial charge in [-0.15, -0.1) is 0 Å². The van der Waals surface area contributed by atoms with Gasteiger partial charge in [0, 0.05) is 18.7 Å². The highest BCUT2D eigenvalue weighted by atomic mass is 16.5. The molecule has 1 aromatic carbocycles. The zero-order valence-corrected chi connectivity index (χ0v) is 13.1. The van der Waals surface area contributed by atoms with Crippen molar-refractivity contribution < 1.29 is 14.1 Å². The molecule has 0 spiro atoms. The molecule has 2 atom stereocenters. The van der Waals surface area contributed by atoms with E-state index >= 15 is 0 Å². The van der Waals surface area contributed by atoms with Gasteiger partial charge in [-0.2, -0.15) is 0 Å². The molecule has 0 N–H and O–H groups in total. The number of benzene rings is 1. The van der Waals surface area contributed by atoms with Crippen molar-refractivity contribution in [3.8, 4) is 11.3 Å². The summed E-state index contributed by atoms with van der Waals surface area (Å²) >= 11 is 0. The second kappa shape index (κ2) is 5.93. The van der Waals surface area contributed by atoms with Crippen LogP contribution in [0.5, 0.6) is 0 Å². The first-order valence-electron chi connectivity index (χ1n) is 7.52. The maximum Gasteiger partial charge on any atom is 0.259 e. The number of aromatic nitrogens is 1. The topological polar surface area (TPSA) is 55.6 Å². The monoisotopic (exact) mass is 300 g/mol. The van der Waals surface area contributed by atoms with Crippen molar-refractivity contribution in [2.75, 3.05) is 13.1 Å². The molecular weight excluding hydrogens is 280 g/mol. The summed E-state index contributed by atoms with van der Waals surface area (Å²) in [7, 11) is 0. The Hall–Kier alpha value is -2.14. The second-order valence-corrected chi connectivity index (χ2v) is 5.80. The Morgan fingerprint density at radius 1 is 1.18 bits per heavy atom. The van der Waals surface area contributed by atoms with E-state index in [1.807, 2.05) is 49.1 Å². The Kier molecular flexibility index (Phi) is 3.98. The minimum atomic E-state index is -0.0420. The van der Waals surface area contributed by atoms with E-state index in [0.29, 0.717) is 30.1 Å². The van der Waals surface area contributed by atoms with Crippen LogP contribution in [0.2, 0.25) is 0 Å². The van der Waals surface area contributed by atoms with Crippen molar-refractivity contribution in [3.63, 3.8) is 0 Å². The van der Waals surface area contributed by atoms with E-state index < -0.39 is 0 Å². The van der Waals surface area contributed by atoms with Gasteiger partial charge in [0.25, 0.3) is 5.91 Å². The Bertz CT molecular complexity index is 656. The maximum atomic E-state index is 12.9. The third-order valence-electron chi connectivity index (χ3n) is 3.83. The van der Waals surface area contributed by atoms with Gasteiger partial charge < -0.3 is 14.2 Å². The number of hydrogen-bond acceptors (Lipinski definition) is 4. The van der Waals surface area contributed by atoms with Gasteiger partial charge in [0.1, 0.15) is 17.0 Å². The largest absolute Gasteiger partial charge is 0.372 e. The highest BCUT2D eigenvalue weighted by Crippen LogP contribution is 2.27. The molecule has 1 aliphatic heterocycles. The summed E-state index contributed by atoms with van der Waals surface area (Å²) in [4.78, 5) is 14.8. The lowest BCUT2D eigenvalue weighted by Crippen LogP contribution is -2.48. The van der Waals surface area contributed by atoms with Crippen molar-refractivity contribution in [1.29, 1.82) is 0 Å². The van der Waals surface area contributed by atoms with E-state index in [9.17, 15) is 4.79 Å². The molecular formula is C17H20N2O3. The first kappa shape index (κ1) is 14.8. The van der Waals surface area contributed by atoms with Crippen LogP contribution in [0, 0.1) is 6.92 Å². The predicted octanol–water partition coefficient (Wildman–Crippen LogP) is 2.90. The molecule has 2 heterocycles. The first-order chi connectivity index (χ1) is 10.6. The number of aryl methyl sites for hydroxylation is 1. The van der Waals surface area contributed by atoms with E-state index in [1.165, 1.54) is 0 Å². The Labute approximate surface area is 129 Å². The molecule has 3 rings (SSSR count). The Morgan fingerprint density at radius 2 is 1.82 bits per heavy atom. The SMILES string of the molecule is Cc1onc(-c2ccccc2)c1C(=O)N1C[C@@H](C)O[C@@H](C)C1. The van der Waals surface area contributed by atoms with E-state index in [4.69, 9.17) is 9.26 Å². The molecule has 1 saturated heterocycles. The van der Waals surface area contributed by atoms with Crippen molar-refractivity contribution in [2.45, 2.75) is 33.0 Å². The van der Waals surface area contributed by atoms with Gasteiger partial charge in [0.2, 0.25) is 0 Å². The molecule has 1 amide bonds. The van der Waals surface area contributed by atoms with E-state index in [1.54, 1.807) is 6.92 Å². The fraction of sp³-hybridized carbons (Fsp3) is 0.412. The summed E-state index contributed by atoms with van der Waals surface area (Å²) in [5, 5.41) is 4.09. The van der Waals surface area contributed by atoms with Gasteiger partial charge in [-0.05, 0) is 20.8 Å². The van der Waals surface area contributed by atoms with Gasteiger partial charge in [0.15, 0.2) is 0 Å². The average molecular weight is 300 g/mol. The van der Waals surface area contributed by atoms with Crippen LogP contribution in [0.1, 0.15) is 30.0 Å². The number of carbonyl (C=O) groups is 1. The number of hydrogen-bond donors (Lipinski definition) is 0. The minimum Gasteiger partial charge on any atom is -0.372 e. The zero-order chi connectivity index (χ0) is 15.7. The minimum absolute atomic E-state index is 0.0352. The number of carbonyl (C=O) groups excluding carboxylic acids is 1. The zero-order valence-electron chi connectivity index (χ0n) is 13.1. The smallest absolute Gasteiger partial charge is 0.259 e. The molecule has 0 bridgehead atoms. The molecule has 1 aliphatic rings. The second-order valence-electron chi connectivity index (χ2n) is 5.80. The summed E-state index contributed by atoms with van der Waals surface area (Å²) in [6.07, 6.45) is 0.0704. The molecule has 2 aromatic rings. The van der Waals surface area contributed by atoms with Crippen molar-refractivity contribution in [1.82, 2.24) is 10.1 Å². The maximum absolute atomic E-state index is 12.9. The molecule has 0 radical (unpaired) electrons. The molecule has 0 saturated carbocycles. The molecule has 5 heteroatoms. The fourth-order valence-corrected chi connectivity index (χ4v) is 2.92. The van der Waals surface area contributed by atoms with Gasteiger partial charge in [-0.3, -0.25) is 4.79 Å². The third kappa shape index (κ3) is 2.76. The van der Waals surface area contributed by atoms with Crippen LogP contribution in [0.4, 0.5) is 0 Å². The lowest BCUT2D eigenvalue weighted by Gasteiger charge is -2.35. The Morgan fingerprint density at radius 3 is 2.45 bits per heavy atom. The molecule has 1 fully saturated rings. The molecule has 0 unspecified atom stereocenters. The molecule has 0 aliphatic carbocycles. The van der Waals surface area contributed by atoms with Crippen LogP contribution in [0.15, 0.2) is 34.9 Å². The van der Waals surface area contributed by atoms with Gasteiger partial charge in [-0.25, -0.2) is 0 Å². The van der Waals surface area contributed by atoms with Crippen LogP contribution in [-0.4, -0.2) is 41.3 Å². The quantitative estimate of drug-likeness (QED) is 0.855. The predicted molar refractivity (Wildman–Crippen MR) is 82.6 cm³/mol. The normalized spacial score (nSPS) is 21.9. The first-order valence-corrected chi connectivity index (χ1v) is 7.52. The van der Waals surface area contributed by atoms with Crippen LogP contribution in [0.25, 0.3) is 11.3 Å². The summed E-state index contributed by atoms with van der Waals surface area (Å²) < 4.78 is 11.0. The van der Waals surface area contributed by atoms with Crippen LogP contribution in [-0.2, 0) is 4.74 Å². The van der Waals surface area contributed by atoms with Crippen molar-refractivity contribution in [3.05, 3.63) is 41.7 Å². The Balaban J connectivity index is 1.95. The van der Waals surface area contributed by atoms with E-state index in [2.05, 4.69) is 5.16 Å². The number of amides is 1. The number of nitrogens with zero attached hydrogens (tertiary/aromatic N) is 2. The third-order valence-corrected chi connectivity index (χ3v) is 3.83. The van der Waals surface area contributed by atoms with Gasteiger partial charge >= 0.3 is 0 Å². The van der Waals surface area contributed by atoms with E-state index in [0.717, 1.165) is 5.56 Å². The lowest BCUT2D eigenvalue weighted by atomic mass is 10.0. The molecule has 22 heavy (non-hydrogen) atoms. The standard InChI is InChI=1S/C17H20N2O3/c1-11-9-19(10-12(2)21-11)17(20)15-13(3)22-18-16(15)14-7-5-4-6-8-14/h4-8,11-12H,9-10H2,1-3H3/t11-,12+. The number of morpholine rings is 1. The highest BCUT2D eigenvalue weighted by molar-refractivity contribution is 6.00. The van der Waals surface area contributed by atoms with Crippen molar-refractivity contribution >= 4 is 5.91 Å². The summed E-state index contributed by atoms with van der Waals surface area (Å²) in [5.74, 6) is 0.509. The number of rotatable bonds is 2.